The van der Waals surface area contributed by atoms with Crippen LogP contribution in [0, 0.1) is 0 Å². The molecule has 3 aromatic carbocycles. The van der Waals surface area contributed by atoms with E-state index in [-0.39, 0.29) is 5.82 Å². The summed E-state index contributed by atoms with van der Waals surface area (Å²) in [6, 6.07) is 26.1. The van der Waals surface area contributed by atoms with E-state index in [1.165, 1.54) is 19.4 Å². The maximum absolute atomic E-state index is 17.0. The zero-order valence-electron chi connectivity index (χ0n) is 20.5. The summed E-state index contributed by atoms with van der Waals surface area (Å²) < 4.78 is 29.6. The number of alkyl halides is 1. The van der Waals surface area contributed by atoms with Crippen LogP contribution in [0.4, 0.5) is 10.2 Å². The third-order valence-electron chi connectivity index (χ3n) is 7.12. The Labute approximate surface area is 218 Å². The Morgan fingerprint density at radius 2 is 1.55 bits per heavy atom. The quantitative estimate of drug-likeness (QED) is 0.287. The highest BCUT2D eigenvalue weighted by Gasteiger charge is 2.69. The van der Waals surface area contributed by atoms with Gasteiger partial charge in [-0.15, -0.1) is 0 Å². The van der Waals surface area contributed by atoms with Crippen LogP contribution in [0.1, 0.15) is 16.7 Å². The fourth-order valence-corrected chi connectivity index (χ4v) is 5.52. The van der Waals surface area contributed by atoms with E-state index in [9.17, 15) is 14.7 Å². The predicted molar refractivity (Wildman–Crippen MR) is 138 cm³/mol. The standard InChI is InChI=1S/C29H26FN3O5/c1-37-22-14-12-21(13-15-22)28(19-8-4-2-5-9-19,20-10-6-3-7-11-20)29(26(30)25(35)23(18-34)38-29)33-17-16-24(31)32-27(33)36/h2-18,23,25-26,35H,1H3,(H2,31,32,36)/t23-,25-,26-,29+/m1/s1. The Kier molecular flexibility index (Phi) is 6.56. The number of nitrogen functional groups attached to an aromatic ring is 1. The van der Waals surface area contributed by atoms with Gasteiger partial charge in [-0.25, -0.2) is 9.18 Å². The summed E-state index contributed by atoms with van der Waals surface area (Å²) in [7, 11) is 1.53. The fraction of sp³-hybridized carbons (Fsp3) is 0.207. The van der Waals surface area contributed by atoms with E-state index >= 15 is 4.39 Å². The number of aldehydes is 1. The number of carbonyl (C=O) groups is 1. The van der Waals surface area contributed by atoms with Crippen molar-refractivity contribution < 1.29 is 23.8 Å². The molecule has 2 heterocycles. The van der Waals surface area contributed by atoms with Crippen molar-refractivity contribution >= 4 is 12.1 Å². The van der Waals surface area contributed by atoms with Gasteiger partial charge in [-0.1, -0.05) is 72.8 Å². The van der Waals surface area contributed by atoms with Crippen LogP contribution < -0.4 is 16.2 Å². The van der Waals surface area contributed by atoms with Crippen LogP contribution in [-0.4, -0.2) is 46.4 Å². The van der Waals surface area contributed by atoms with Gasteiger partial charge in [0.2, 0.25) is 5.72 Å². The summed E-state index contributed by atoms with van der Waals surface area (Å²) in [5.74, 6) is 0.482. The number of anilines is 1. The van der Waals surface area contributed by atoms with Crippen LogP contribution in [0.15, 0.2) is 102 Å². The first-order valence-corrected chi connectivity index (χ1v) is 12.0. The van der Waals surface area contributed by atoms with Gasteiger partial charge in [-0.3, -0.25) is 4.57 Å². The molecule has 3 N–H and O–H groups in total. The Hall–Kier alpha value is -4.34. The molecule has 0 spiro atoms. The molecule has 0 aliphatic carbocycles. The first-order valence-electron chi connectivity index (χ1n) is 12.0. The largest absolute Gasteiger partial charge is 0.497 e. The SMILES string of the molecule is COc1ccc(C(c2ccccc2)(c2ccccc2)[C@@]2(n3ccc(N)nc3=O)O[C@H](C=O)[C@@H](O)[C@H]2F)cc1. The number of nitrogens with two attached hydrogens (primary N) is 1. The highest BCUT2D eigenvalue weighted by Crippen LogP contribution is 2.57. The number of methoxy groups -OCH3 is 1. The van der Waals surface area contributed by atoms with Crippen molar-refractivity contribution in [1.82, 2.24) is 9.55 Å². The first kappa shape index (κ1) is 25.3. The number of hydrogen-bond donors (Lipinski definition) is 2. The molecule has 0 saturated carbocycles. The monoisotopic (exact) mass is 515 g/mol. The van der Waals surface area contributed by atoms with E-state index in [1.807, 2.05) is 12.1 Å². The number of aliphatic hydroxyl groups excluding tert-OH is 1. The smallest absolute Gasteiger partial charge is 0.351 e. The predicted octanol–water partition coefficient (Wildman–Crippen LogP) is 2.82. The molecule has 8 nitrogen and oxygen atoms in total. The molecular weight excluding hydrogens is 489 g/mol. The van der Waals surface area contributed by atoms with Gasteiger partial charge in [0.1, 0.15) is 23.8 Å². The molecule has 4 aromatic rings. The second kappa shape index (κ2) is 9.85. The number of nitrogens with zero attached hydrogens (tertiary/aromatic N) is 2. The molecule has 1 aromatic heterocycles. The lowest BCUT2D eigenvalue weighted by molar-refractivity contribution is -0.163. The molecule has 0 bridgehead atoms. The van der Waals surface area contributed by atoms with Crippen LogP contribution in [0.25, 0.3) is 0 Å². The van der Waals surface area contributed by atoms with E-state index in [1.54, 1.807) is 72.8 Å². The lowest BCUT2D eigenvalue weighted by atomic mass is 9.61. The average molecular weight is 516 g/mol. The Morgan fingerprint density at radius 3 is 2.03 bits per heavy atom. The fourth-order valence-electron chi connectivity index (χ4n) is 5.52. The van der Waals surface area contributed by atoms with Crippen molar-refractivity contribution in [1.29, 1.82) is 0 Å². The zero-order valence-corrected chi connectivity index (χ0v) is 20.5. The van der Waals surface area contributed by atoms with E-state index in [2.05, 4.69) is 4.98 Å². The second-order valence-electron chi connectivity index (χ2n) is 9.02. The lowest BCUT2D eigenvalue weighted by Crippen LogP contribution is -2.63. The van der Waals surface area contributed by atoms with Gasteiger partial charge in [0.15, 0.2) is 12.5 Å². The summed E-state index contributed by atoms with van der Waals surface area (Å²) in [6.45, 7) is 0. The maximum atomic E-state index is 17.0. The minimum Gasteiger partial charge on any atom is -0.497 e. The minimum absolute atomic E-state index is 0.0724. The zero-order chi connectivity index (χ0) is 26.9. The van der Waals surface area contributed by atoms with Crippen molar-refractivity contribution in [2.45, 2.75) is 29.5 Å². The van der Waals surface area contributed by atoms with Crippen molar-refractivity contribution in [3.8, 4) is 5.75 Å². The molecule has 1 aliphatic rings. The number of ether oxygens (including phenoxy) is 2. The van der Waals surface area contributed by atoms with Gasteiger partial charge in [0, 0.05) is 6.20 Å². The van der Waals surface area contributed by atoms with Crippen LogP contribution >= 0.6 is 0 Å². The number of halogens is 1. The molecule has 38 heavy (non-hydrogen) atoms. The van der Waals surface area contributed by atoms with Crippen LogP contribution in [0.2, 0.25) is 0 Å². The van der Waals surface area contributed by atoms with Gasteiger partial charge >= 0.3 is 5.69 Å². The number of aromatic nitrogens is 2. The molecule has 9 heteroatoms. The molecule has 0 radical (unpaired) electrons. The van der Waals surface area contributed by atoms with Crippen molar-refractivity contribution in [2.24, 2.45) is 0 Å². The number of hydrogen-bond acceptors (Lipinski definition) is 7. The van der Waals surface area contributed by atoms with Crippen LogP contribution in [-0.2, 0) is 20.7 Å². The van der Waals surface area contributed by atoms with E-state index < -0.39 is 35.2 Å². The average Bonchev–Trinajstić information content (AvgIpc) is 3.21. The number of benzene rings is 3. The Bertz CT molecular complexity index is 1440. The molecule has 0 amide bonds. The number of rotatable bonds is 7. The van der Waals surface area contributed by atoms with E-state index in [4.69, 9.17) is 15.2 Å². The molecule has 1 aliphatic heterocycles. The van der Waals surface area contributed by atoms with Gasteiger partial charge in [0.25, 0.3) is 0 Å². The van der Waals surface area contributed by atoms with E-state index in [0.717, 1.165) is 4.57 Å². The first-order chi connectivity index (χ1) is 18.4. The molecule has 1 fully saturated rings. The van der Waals surface area contributed by atoms with Crippen molar-refractivity contribution in [3.63, 3.8) is 0 Å². The van der Waals surface area contributed by atoms with Gasteiger partial charge in [-0.2, -0.15) is 4.98 Å². The van der Waals surface area contributed by atoms with Crippen molar-refractivity contribution in [2.75, 3.05) is 12.8 Å². The van der Waals surface area contributed by atoms with Crippen LogP contribution in [0.3, 0.4) is 0 Å². The highest BCUT2D eigenvalue weighted by molar-refractivity contribution is 5.61. The summed E-state index contributed by atoms with van der Waals surface area (Å²) in [4.78, 5) is 29.3. The molecule has 4 atom stereocenters. The minimum atomic E-state index is -2.31. The molecular formula is C29H26FN3O5. The highest BCUT2D eigenvalue weighted by atomic mass is 19.1. The summed E-state index contributed by atoms with van der Waals surface area (Å²) in [5, 5.41) is 11.0. The molecule has 5 rings (SSSR count). The summed E-state index contributed by atoms with van der Waals surface area (Å²) >= 11 is 0. The molecule has 1 saturated heterocycles. The van der Waals surface area contributed by atoms with Gasteiger partial charge in [-0.05, 0) is 34.9 Å². The number of aliphatic hydroxyl groups is 1. The van der Waals surface area contributed by atoms with Crippen LogP contribution in [0.5, 0.6) is 5.75 Å². The van der Waals surface area contributed by atoms with Gasteiger partial charge < -0.3 is 25.1 Å². The summed E-state index contributed by atoms with van der Waals surface area (Å²) in [6.07, 6.45) is -4.09. The Morgan fingerprint density at radius 1 is 1.00 bits per heavy atom. The molecule has 194 valence electrons. The second-order valence-corrected chi connectivity index (χ2v) is 9.02. The topological polar surface area (TPSA) is 117 Å². The number of carbonyl (C=O) groups excluding carboxylic acids is 1. The van der Waals surface area contributed by atoms with Crippen molar-refractivity contribution in [3.05, 3.63) is 124 Å². The van der Waals surface area contributed by atoms with E-state index in [0.29, 0.717) is 28.7 Å². The maximum Gasteiger partial charge on any atom is 0.351 e. The summed E-state index contributed by atoms with van der Waals surface area (Å²) in [5.41, 5.74) is 2.54. The third-order valence-corrected chi connectivity index (χ3v) is 7.12. The Balaban J connectivity index is 2.02. The third kappa shape index (κ3) is 3.62. The normalized spacial score (nSPS) is 23.2. The molecule has 0 unspecified atom stereocenters. The van der Waals surface area contributed by atoms with Gasteiger partial charge in [0.05, 0.1) is 12.5 Å². The lowest BCUT2D eigenvalue weighted by Gasteiger charge is -2.50.